The first-order chi connectivity index (χ1) is 14.2. The summed E-state index contributed by atoms with van der Waals surface area (Å²) in [5, 5.41) is 3.51. The van der Waals surface area contributed by atoms with Gasteiger partial charge in [0.05, 0.1) is 4.47 Å². The number of rotatable bonds is 9. The Kier molecular flexibility index (Phi) is 9.65. The van der Waals surface area contributed by atoms with Crippen LogP contribution in [0.25, 0.3) is 0 Å². The molecular weight excluding hydrogens is 536 g/mol. The molecule has 2 aromatic rings. The summed E-state index contributed by atoms with van der Waals surface area (Å²) >= 11 is 12.8. The highest BCUT2D eigenvalue weighted by atomic mass is 79.9. The lowest BCUT2D eigenvalue weighted by atomic mass is 10.1. The molecular formula is C22H25Br2ClN2O3. The van der Waals surface area contributed by atoms with Gasteiger partial charge in [0.25, 0.3) is 5.91 Å². The van der Waals surface area contributed by atoms with Crippen LogP contribution in [0.2, 0.25) is 5.02 Å². The van der Waals surface area contributed by atoms with E-state index in [0.29, 0.717) is 21.8 Å². The van der Waals surface area contributed by atoms with E-state index < -0.39 is 6.04 Å². The van der Waals surface area contributed by atoms with Crippen molar-refractivity contribution in [2.24, 2.45) is 0 Å². The van der Waals surface area contributed by atoms with E-state index in [2.05, 4.69) is 37.2 Å². The van der Waals surface area contributed by atoms with Crippen LogP contribution in [0.15, 0.2) is 51.4 Å². The summed E-state index contributed by atoms with van der Waals surface area (Å²) in [5.41, 5.74) is 0.911. The molecule has 0 unspecified atom stereocenters. The normalized spacial score (nSPS) is 12.7. The number of nitrogens with one attached hydrogen (secondary N) is 1. The Bertz CT molecular complexity index is 894. The van der Waals surface area contributed by atoms with Crippen LogP contribution in [0, 0.1) is 0 Å². The summed E-state index contributed by atoms with van der Waals surface area (Å²) in [7, 11) is 0. The van der Waals surface area contributed by atoms with Crippen molar-refractivity contribution in [3.05, 3.63) is 62.0 Å². The van der Waals surface area contributed by atoms with Crippen LogP contribution in [0.3, 0.4) is 0 Å². The summed E-state index contributed by atoms with van der Waals surface area (Å²) in [6.45, 7) is 5.75. The molecule has 0 saturated carbocycles. The Morgan fingerprint density at radius 1 is 1.17 bits per heavy atom. The van der Waals surface area contributed by atoms with Gasteiger partial charge in [0.15, 0.2) is 6.61 Å². The average molecular weight is 561 g/mol. The Hall–Kier alpha value is -1.57. The van der Waals surface area contributed by atoms with E-state index in [-0.39, 0.29) is 24.5 Å². The molecule has 0 radical (unpaired) electrons. The van der Waals surface area contributed by atoms with Crippen LogP contribution in [-0.2, 0) is 16.1 Å². The maximum Gasteiger partial charge on any atom is 0.261 e. The number of hydrogen-bond acceptors (Lipinski definition) is 3. The van der Waals surface area contributed by atoms with Crippen molar-refractivity contribution in [2.75, 3.05) is 6.61 Å². The zero-order valence-electron chi connectivity index (χ0n) is 17.1. The molecule has 0 aliphatic rings. The minimum Gasteiger partial charge on any atom is -0.483 e. The molecule has 30 heavy (non-hydrogen) atoms. The molecule has 2 amide bonds. The maximum absolute atomic E-state index is 13.1. The molecule has 2 rings (SSSR count). The summed E-state index contributed by atoms with van der Waals surface area (Å²) in [6.07, 6.45) is 0.811. The second-order valence-electron chi connectivity index (χ2n) is 7.01. The van der Waals surface area contributed by atoms with E-state index in [0.717, 1.165) is 16.5 Å². The molecule has 0 aliphatic carbocycles. The number of ether oxygens (including phenoxy) is 1. The Labute approximate surface area is 199 Å². The summed E-state index contributed by atoms with van der Waals surface area (Å²) in [4.78, 5) is 27.3. The number of halogens is 3. The van der Waals surface area contributed by atoms with Gasteiger partial charge in [0.1, 0.15) is 11.8 Å². The van der Waals surface area contributed by atoms with Gasteiger partial charge in [-0.2, -0.15) is 0 Å². The molecule has 0 aliphatic heterocycles. The first-order valence-electron chi connectivity index (χ1n) is 9.63. The molecule has 0 fully saturated rings. The molecule has 162 valence electrons. The number of carbonyl (C=O) groups is 2. The predicted octanol–water partition coefficient (Wildman–Crippen LogP) is 5.58. The zero-order valence-corrected chi connectivity index (χ0v) is 21.1. The largest absolute Gasteiger partial charge is 0.483 e. The van der Waals surface area contributed by atoms with Gasteiger partial charge in [-0.1, -0.05) is 46.6 Å². The van der Waals surface area contributed by atoms with Gasteiger partial charge < -0.3 is 15.0 Å². The molecule has 0 heterocycles. The van der Waals surface area contributed by atoms with E-state index in [1.807, 2.05) is 38.1 Å². The van der Waals surface area contributed by atoms with E-state index in [1.54, 1.807) is 25.1 Å². The molecule has 0 saturated heterocycles. The minimum atomic E-state index is -0.650. The molecule has 8 heteroatoms. The van der Waals surface area contributed by atoms with Crippen LogP contribution in [-0.4, -0.2) is 35.4 Å². The number of amides is 2. The van der Waals surface area contributed by atoms with Crippen LogP contribution < -0.4 is 10.1 Å². The highest BCUT2D eigenvalue weighted by Gasteiger charge is 2.27. The fourth-order valence-corrected chi connectivity index (χ4v) is 3.94. The van der Waals surface area contributed by atoms with Gasteiger partial charge in [0.2, 0.25) is 5.91 Å². The molecule has 5 nitrogen and oxygen atoms in total. The first kappa shape index (κ1) is 24.7. The van der Waals surface area contributed by atoms with Crippen molar-refractivity contribution in [3.8, 4) is 5.75 Å². The SMILES string of the molecule is CC[C@H](C)NC(=O)[C@H](C)N(Cc1cccc(Br)c1)C(=O)COc1ccc(Cl)cc1Br. The minimum absolute atomic E-state index is 0.0315. The molecule has 0 spiro atoms. The lowest BCUT2D eigenvalue weighted by Gasteiger charge is -2.29. The highest BCUT2D eigenvalue weighted by molar-refractivity contribution is 9.10. The van der Waals surface area contributed by atoms with Crippen molar-refractivity contribution < 1.29 is 14.3 Å². The number of carbonyl (C=O) groups excluding carboxylic acids is 2. The van der Waals surface area contributed by atoms with Gasteiger partial charge in [-0.25, -0.2) is 0 Å². The van der Waals surface area contributed by atoms with Gasteiger partial charge in [-0.3, -0.25) is 9.59 Å². The van der Waals surface area contributed by atoms with Crippen LogP contribution in [0.4, 0.5) is 0 Å². The van der Waals surface area contributed by atoms with Crippen molar-refractivity contribution >= 4 is 55.3 Å². The number of benzene rings is 2. The fraction of sp³-hybridized carbons (Fsp3) is 0.364. The molecule has 0 aromatic heterocycles. The summed E-state index contributed by atoms with van der Waals surface area (Å²) in [6, 6.07) is 12.1. The quantitative estimate of drug-likeness (QED) is 0.436. The molecule has 2 atom stereocenters. The highest BCUT2D eigenvalue weighted by Crippen LogP contribution is 2.28. The molecule has 1 N–H and O–H groups in total. The average Bonchev–Trinajstić information content (AvgIpc) is 2.70. The van der Waals surface area contributed by atoms with Crippen LogP contribution in [0.5, 0.6) is 5.75 Å². The van der Waals surface area contributed by atoms with E-state index in [9.17, 15) is 9.59 Å². The molecule has 0 bridgehead atoms. The zero-order chi connectivity index (χ0) is 22.3. The third-order valence-electron chi connectivity index (χ3n) is 4.66. The second kappa shape index (κ2) is 11.7. The number of hydrogen-bond donors (Lipinski definition) is 1. The van der Waals surface area contributed by atoms with Crippen molar-refractivity contribution in [1.82, 2.24) is 10.2 Å². The fourth-order valence-electron chi connectivity index (χ4n) is 2.69. The van der Waals surface area contributed by atoms with Crippen LogP contribution in [0.1, 0.15) is 32.8 Å². The van der Waals surface area contributed by atoms with Crippen LogP contribution >= 0.6 is 43.5 Å². The van der Waals surface area contributed by atoms with E-state index in [4.69, 9.17) is 16.3 Å². The van der Waals surface area contributed by atoms with Gasteiger partial charge in [-0.15, -0.1) is 0 Å². The monoisotopic (exact) mass is 558 g/mol. The first-order valence-corrected chi connectivity index (χ1v) is 11.6. The smallest absolute Gasteiger partial charge is 0.261 e. The van der Waals surface area contributed by atoms with E-state index >= 15 is 0 Å². The standard InChI is InChI=1S/C22H25Br2ClN2O3/c1-4-14(2)26-22(29)15(3)27(12-16-6-5-7-17(23)10-16)21(28)13-30-20-9-8-18(25)11-19(20)24/h5-11,14-15H,4,12-13H2,1-3H3,(H,26,29)/t14-,15-/m0/s1. The second-order valence-corrected chi connectivity index (χ2v) is 9.22. The number of nitrogens with zero attached hydrogens (tertiary/aromatic N) is 1. The Morgan fingerprint density at radius 3 is 2.53 bits per heavy atom. The third kappa shape index (κ3) is 7.29. The van der Waals surface area contributed by atoms with Crippen molar-refractivity contribution in [3.63, 3.8) is 0 Å². The van der Waals surface area contributed by atoms with Gasteiger partial charge in [0, 0.05) is 22.1 Å². The predicted molar refractivity (Wildman–Crippen MR) is 127 cm³/mol. The lowest BCUT2D eigenvalue weighted by Crippen LogP contribution is -2.50. The molecule has 2 aromatic carbocycles. The van der Waals surface area contributed by atoms with Crippen molar-refractivity contribution in [1.29, 1.82) is 0 Å². The van der Waals surface area contributed by atoms with E-state index in [1.165, 1.54) is 4.90 Å². The Balaban J connectivity index is 2.18. The summed E-state index contributed by atoms with van der Waals surface area (Å²) in [5.74, 6) is 0.0239. The third-order valence-corrected chi connectivity index (χ3v) is 6.00. The van der Waals surface area contributed by atoms with Gasteiger partial charge in [-0.05, 0) is 72.1 Å². The lowest BCUT2D eigenvalue weighted by molar-refractivity contribution is -0.142. The maximum atomic E-state index is 13.1. The van der Waals surface area contributed by atoms with Gasteiger partial charge >= 0.3 is 0 Å². The summed E-state index contributed by atoms with van der Waals surface area (Å²) < 4.78 is 7.25. The topological polar surface area (TPSA) is 58.6 Å². The van der Waals surface area contributed by atoms with Crippen molar-refractivity contribution in [2.45, 2.75) is 45.8 Å². The Morgan fingerprint density at radius 2 is 1.90 bits per heavy atom.